The van der Waals surface area contributed by atoms with Crippen LogP contribution in [0, 0.1) is 0 Å². The molecule has 1 atom stereocenters. The van der Waals surface area contributed by atoms with Crippen molar-refractivity contribution in [2.75, 3.05) is 0 Å². The number of alkyl halides is 3. The summed E-state index contributed by atoms with van der Waals surface area (Å²) in [4.78, 5) is 11.5. The van der Waals surface area contributed by atoms with Crippen LogP contribution in [-0.4, -0.2) is 5.91 Å². The Morgan fingerprint density at radius 2 is 1.80 bits per heavy atom. The van der Waals surface area contributed by atoms with Crippen LogP contribution in [0.5, 0.6) is 0 Å². The lowest BCUT2D eigenvalue weighted by Gasteiger charge is -2.14. The molecular formula is C15H16F3NO. The highest BCUT2D eigenvalue weighted by atomic mass is 19.4. The second-order valence-corrected chi connectivity index (χ2v) is 4.23. The topological polar surface area (TPSA) is 29.1 Å². The fourth-order valence-corrected chi connectivity index (χ4v) is 1.56. The zero-order valence-corrected chi connectivity index (χ0v) is 11.2. The average Bonchev–Trinajstić information content (AvgIpc) is 2.38. The van der Waals surface area contributed by atoms with Crippen molar-refractivity contribution in [3.8, 4) is 0 Å². The van der Waals surface area contributed by atoms with E-state index >= 15 is 0 Å². The van der Waals surface area contributed by atoms with E-state index in [-0.39, 0.29) is 11.9 Å². The first-order valence-electron chi connectivity index (χ1n) is 6.11. The second-order valence-electron chi connectivity index (χ2n) is 4.23. The van der Waals surface area contributed by atoms with Crippen molar-refractivity contribution >= 4 is 5.91 Å². The molecule has 0 saturated carbocycles. The van der Waals surface area contributed by atoms with Gasteiger partial charge in [0.1, 0.15) is 0 Å². The summed E-state index contributed by atoms with van der Waals surface area (Å²) < 4.78 is 37.3. The molecule has 2 nitrogen and oxygen atoms in total. The second kappa shape index (κ2) is 6.93. The minimum Gasteiger partial charge on any atom is -0.346 e. The summed E-state index contributed by atoms with van der Waals surface area (Å²) in [6.07, 6.45) is 2.10. The van der Waals surface area contributed by atoms with E-state index in [2.05, 4.69) is 5.32 Å². The van der Waals surface area contributed by atoms with E-state index in [9.17, 15) is 18.0 Å². The molecule has 1 amide bonds. The number of benzene rings is 1. The Morgan fingerprint density at radius 1 is 1.20 bits per heavy atom. The molecule has 0 spiro atoms. The molecule has 1 rings (SSSR count). The van der Waals surface area contributed by atoms with Gasteiger partial charge in [-0.3, -0.25) is 4.79 Å². The number of halogens is 3. The van der Waals surface area contributed by atoms with E-state index in [0.29, 0.717) is 5.56 Å². The van der Waals surface area contributed by atoms with Crippen LogP contribution in [0.1, 0.15) is 31.0 Å². The zero-order valence-electron chi connectivity index (χ0n) is 11.2. The van der Waals surface area contributed by atoms with Gasteiger partial charge in [-0.25, -0.2) is 0 Å². The average molecular weight is 283 g/mol. The molecule has 1 aromatic carbocycles. The van der Waals surface area contributed by atoms with Crippen LogP contribution < -0.4 is 5.32 Å². The molecule has 0 saturated heterocycles. The largest absolute Gasteiger partial charge is 0.416 e. The minimum atomic E-state index is -4.35. The van der Waals surface area contributed by atoms with Crippen molar-refractivity contribution in [1.29, 1.82) is 0 Å². The maximum Gasteiger partial charge on any atom is 0.416 e. The molecule has 0 aliphatic rings. The molecule has 20 heavy (non-hydrogen) atoms. The molecule has 0 heterocycles. The fraction of sp³-hybridized carbons (Fsp3) is 0.267. The van der Waals surface area contributed by atoms with Gasteiger partial charge < -0.3 is 5.32 Å². The Kier molecular flexibility index (Phi) is 5.55. The summed E-state index contributed by atoms with van der Waals surface area (Å²) >= 11 is 0. The van der Waals surface area contributed by atoms with Crippen molar-refractivity contribution in [2.24, 2.45) is 0 Å². The van der Waals surface area contributed by atoms with Crippen LogP contribution in [0.4, 0.5) is 13.2 Å². The molecule has 0 radical (unpaired) electrons. The summed E-state index contributed by atoms with van der Waals surface area (Å²) in [6.45, 7) is 3.54. The van der Waals surface area contributed by atoms with Crippen molar-refractivity contribution in [1.82, 2.24) is 5.32 Å². The first-order valence-corrected chi connectivity index (χ1v) is 6.11. The maximum atomic E-state index is 12.4. The Labute approximate surface area is 116 Å². The van der Waals surface area contributed by atoms with Gasteiger partial charge in [-0.05, 0) is 31.5 Å². The highest BCUT2D eigenvalue weighted by Gasteiger charge is 2.30. The van der Waals surface area contributed by atoms with Gasteiger partial charge in [0, 0.05) is 6.08 Å². The molecule has 1 N–H and O–H groups in total. The number of allylic oxidation sites excluding steroid dienone is 3. The Morgan fingerprint density at radius 3 is 2.30 bits per heavy atom. The van der Waals surface area contributed by atoms with Crippen LogP contribution in [0.2, 0.25) is 0 Å². The minimum absolute atomic E-state index is 0.296. The van der Waals surface area contributed by atoms with E-state index in [1.807, 2.05) is 6.92 Å². The van der Waals surface area contributed by atoms with Crippen LogP contribution in [0.3, 0.4) is 0 Å². The molecular weight excluding hydrogens is 267 g/mol. The van der Waals surface area contributed by atoms with Gasteiger partial charge in [0.05, 0.1) is 11.6 Å². The van der Waals surface area contributed by atoms with Crippen molar-refractivity contribution in [3.63, 3.8) is 0 Å². The maximum absolute atomic E-state index is 12.4. The molecule has 0 fully saturated rings. The van der Waals surface area contributed by atoms with Crippen LogP contribution in [-0.2, 0) is 11.0 Å². The van der Waals surface area contributed by atoms with Crippen LogP contribution in [0.25, 0.3) is 0 Å². The molecule has 0 bridgehead atoms. The van der Waals surface area contributed by atoms with Gasteiger partial charge in [0.25, 0.3) is 0 Å². The van der Waals surface area contributed by atoms with E-state index in [4.69, 9.17) is 0 Å². The first-order chi connectivity index (χ1) is 9.34. The molecule has 0 aliphatic carbocycles. The van der Waals surface area contributed by atoms with Gasteiger partial charge in [0.15, 0.2) is 0 Å². The fourth-order valence-electron chi connectivity index (χ4n) is 1.56. The quantitative estimate of drug-likeness (QED) is 0.656. The molecule has 5 heteroatoms. The number of amides is 1. The highest BCUT2D eigenvalue weighted by Crippen LogP contribution is 2.29. The standard InChI is InChI=1S/C15H16F3NO/c1-3-4-5-6-14(20)19-11(2)12-7-9-13(10-8-12)15(16,17)18/h3-11H,1-2H3,(H,19,20)/b4-3+,6-5+. The monoisotopic (exact) mass is 283 g/mol. The Balaban J connectivity index is 2.69. The first kappa shape index (κ1) is 16.0. The molecule has 1 unspecified atom stereocenters. The Bertz CT molecular complexity index is 501. The predicted octanol–water partition coefficient (Wildman–Crippen LogP) is 4.01. The van der Waals surface area contributed by atoms with E-state index in [1.54, 1.807) is 25.2 Å². The van der Waals surface area contributed by atoms with E-state index < -0.39 is 11.7 Å². The molecule has 108 valence electrons. The molecule has 1 aromatic rings. The highest BCUT2D eigenvalue weighted by molar-refractivity contribution is 5.88. The number of hydrogen-bond acceptors (Lipinski definition) is 1. The van der Waals surface area contributed by atoms with Gasteiger partial charge in [-0.1, -0.05) is 30.4 Å². The number of hydrogen-bond donors (Lipinski definition) is 1. The van der Waals surface area contributed by atoms with Crippen LogP contribution >= 0.6 is 0 Å². The summed E-state index contributed by atoms with van der Waals surface area (Å²) in [5.41, 5.74) is -0.0847. The lowest BCUT2D eigenvalue weighted by atomic mass is 10.1. The Hall–Kier alpha value is -2.04. The van der Waals surface area contributed by atoms with Gasteiger partial charge in [0.2, 0.25) is 5.91 Å². The van der Waals surface area contributed by atoms with E-state index in [1.165, 1.54) is 18.2 Å². The lowest BCUT2D eigenvalue weighted by Crippen LogP contribution is -2.24. The van der Waals surface area contributed by atoms with Crippen molar-refractivity contribution in [3.05, 3.63) is 59.7 Å². The predicted molar refractivity (Wildman–Crippen MR) is 72.0 cm³/mol. The normalized spacial score (nSPS) is 13.8. The SMILES string of the molecule is C/C=C/C=C/C(=O)NC(C)c1ccc(C(F)(F)F)cc1. The third-order valence-corrected chi connectivity index (χ3v) is 2.65. The van der Waals surface area contributed by atoms with Crippen LogP contribution in [0.15, 0.2) is 48.6 Å². The number of rotatable bonds is 4. The van der Waals surface area contributed by atoms with Gasteiger partial charge >= 0.3 is 6.18 Å². The number of nitrogens with one attached hydrogen (secondary N) is 1. The summed E-state index contributed by atoms with van der Waals surface area (Å²) in [6, 6.07) is 4.38. The zero-order chi connectivity index (χ0) is 15.2. The van der Waals surface area contributed by atoms with Gasteiger partial charge in [-0.2, -0.15) is 13.2 Å². The van der Waals surface area contributed by atoms with E-state index in [0.717, 1.165) is 12.1 Å². The van der Waals surface area contributed by atoms with Gasteiger partial charge in [-0.15, -0.1) is 0 Å². The van der Waals surface area contributed by atoms with Crippen molar-refractivity contribution in [2.45, 2.75) is 26.1 Å². The molecule has 0 aromatic heterocycles. The smallest absolute Gasteiger partial charge is 0.346 e. The molecule has 0 aliphatic heterocycles. The third kappa shape index (κ3) is 4.91. The third-order valence-electron chi connectivity index (χ3n) is 2.65. The number of carbonyl (C=O) groups excluding carboxylic acids is 1. The lowest BCUT2D eigenvalue weighted by molar-refractivity contribution is -0.137. The summed E-state index contributed by atoms with van der Waals surface area (Å²) in [5.74, 6) is -0.296. The summed E-state index contributed by atoms with van der Waals surface area (Å²) in [7, 11) is 0. The summed E-state index contributed by atoms with van der Waals surface area (Å²) in [5, 5.41) is 2.67. The number of carbonyl (C=O) groups is 1. The van der Waals surface area contributed by atoms with Crippen molar-refractivity contribution < 1.29 is 18.0 Å².